The van der Waals surface area contributed by atoms with Crippen LogP contribution in [0, 0.1) is 17.3 Å². The molecule has 0 aromatic rings. The standard InChI is InChI=1S/C15H28N2O/c1-11(12-9-16-10-12)14(18)17-7-5-6-13(17)8-15(2,3)4/h11-13,16H,5-10H2,1-4H3. The number of carbonyl (C=O) groups excluding carboxylic acids is 1. The summed E-state index contributed by atoms with van der Waals surface area (Å²) in [6, 6.07) is 0.480. The average Bonchev–Trinajstić information content (AvgIpc) is 2.59. The van der Waals surface area contributed by atoms with Crippen LogP contribution in [0.5, 0.6) is 0 Å². The van der Waals surface area contributed by atoms with Crippen LogP contribution in [-0.2, 0) is 4.79 Å². The molecular formula is C15H28N2O. The number of hydrogen-bond acceptors (Lipinski definition) is 2. The van der Waals surface area contributed by atoms with E-state index in [0.717, 1.165) is 26.1 Å². The molecule has 2 heterocycles. The monoisotopic (exact) mass is 252 g/mol. The third-order valence-electron chi connectivity index (χ3n) is 4.42. The smallest absolute Gasteiger partial charge is 0.226 e. The minimum absolute atomic E-state index is 0.201. The molecule has 18 heavy (non-hydrogen) atoms. The zero-order valence-electron chi connectivity index (χ0n) is 12.3. The Kier molecular flexibility index (Phi) is 4.00. The van der Waals surface area contributed by atoms with E-state index in [1.54, 1.807) is 0 Å². The molecule has 0 aliphatic carbocycles. The van der Waals surface area contributed by atoms with Crippen molar-refractivity contribution in [1.82, 2.24) is 10.2 Å². The Labute approximate surface area is 111 Å². The molecule has 2 saturated heterocycles. The van der Waals surface area contributed by atoms with Gasteiger partial charge >= 0.3 is 0 Å². The van der Waals surface area contributed by atoms with Crippen LogP contribution >= 0.6 is 0 Å². The van der Waals surface area contributed by atoms with Crippen molar-refractivity contribution in [3.63, 3.8) is 0 Å². The van der Waals surface area contributed by atoms with Crippen molar-refractivity contribution in [1.29, 1.82) is 0 Å². The second-order valence-electron chi connectivity index (χ2n) is 7.30. The zero-order valence-corrected chi connectivity index (χ0v) is 12.3. The molecule has 104 valence electrons. The normalized spacial score (nSPS) is 27.1. The summed E-state index contributed by atoms with van der Waals surface area (Å²) < 4.78 is 0. The Bertz CT molecular complexity index is 304. The first-order chi connectivity index (χ1) is 8.38. The van der Waals surface area contributed by atoms with Gasteiger partial charge in [-0.2, -0.15) is 0 Å². The number of nitrogens with zero attached hydrogens (tertiary/aromatic N) is 1. The molecule has 2 aliphatic rings. The summed E-state index contributed by atoms with van der Waals surface area (Å²) in [5.41, 5.74) is 0.314. The average molecular weight is 252 g/mol. The summed E-state index contributed by atoms with van der Waals surface area (Å²) in [6.07, 6.45) is 3.51. The second kappa shape index (κ2) is 5.20. The SMILES string of the molecule is CC(C(=O)N1CCCC1CC(C)(C)C)C1CNC1. The largest absolute Gasteiger partial charge is 0.339 e. The van der Waals surface area contributed by atoms with E-state index in [1.165, 1.54) is 12.8 Å². The Morgan fingerprint density at radius 1 is 1.39 bits per heavy atom. The first-order valence-corrected chi connectivity index (χ1v) is 7.40. The molecule has 0 bridgehead atoms. The summed E-state index contributed by atoms with van der Waals surface area (Å²) >= 11 is 0. The summed E-state index contributed by atoms with van der Waals surface area (Å²) in [5, 5.41) is 3.27. The van der Waals surface area contributed by atoms with Gasteiger partial charge in [0.25, 0.3) is 0 Å². The maximum Gasteiger partial charge on any atom is 0.226 e. The molecule has 0 aromatic heterocycles. The van der Waals surface area contributed by atoms with Gasteiger partial charge in [-0.25, -0.2) is 0 Å². The minimum atomic E-state index is 0.201. The van der Waals surface area contributed by atoms with E-state index in [1.807, 2.05) is 0 Å². The molecule has 0 saturated carbocycles. The van der Waals surface area contributed by atoms with E-state index in [-0.39, 0.29) is 5.92 Å². The van der Waals surface area contributed by atoms with Crippen LogP contribution in [0.15, 0.2) is 0 Å². The van der Waals surface area contributed by atoms with Crippen LogP contribution in [0.2, 0.25) is 0 Å². The quantitative estimate of drug-likeness (QED) is 0.835. The van der Waals surface area contributed by atoms with Crippen molar-refractivity contribution in [2.45, 2.75) is 53.0 Å². The lowest BCUT2D eigenvalue weighted by molar-refractivity contribution is -0.138. The van der Waals surface area contributed by atoms with Gasteiger partial charge in [0.2, 0.25) is 5.91 Å². The van der Waals surface area contributed by atoms with Gasteiger partial charge in [-0.05, 0) is 43.7 Å². The number of likely N-dealkylation sites (tertiary alicyclic amines) is 1. The third kappa shape index (κ3) is 3.05. The summed E-state index contributed by atoms with van der Waals surface area (Å²) in [4.78, 5) is 14.7. The van der Waals surface area contributed by atoms with Gasteiger partial charge in [-0.15, -0.1) is 0 Å². The van der Waals surface area contributed by atoms with Crippen molar-refractivity contribution < 1.29 is 4.79 Å². The lowest BCUT2D eigenvalue weighted by Crippen LogP contribution is -2.51. The molecule has 2 aliphatic heterocycles. The molecule has 2 fully saturated rings. The van der Waals surface area contributed by atoms with Crippen molar-refractivity contribution >= 4 is 5.91 Å². The van der Waals surface area contributed by atoms with Crippen molar-refractivity contribution in [3.05, 3.63) is 0 Å². The molecule has 0 radical (unpaired) electrons. The van der Waals surface area contributed by atoms with Crippen molar-refractivity contribution in [2.75, 3.05) is 19.6 Å². The summed E-state index contributed by atoms with van der Waals surface area (Å²) in [6.45, 7) is 11.9. The molecule has 2 rings (SSSR count). The van der Waals surface area contributed by atoms with E-state index >= 15 is 0 Å². The molecule has 0 spiro atoms. The van der Waals surface area contributed by atoms with E-state index in [0.29, 0.717) is 23.3 Å². The highest BCUT2D eigenvalue weighted by atomic mass is 16.2. The third-order valence-corrected chi connectivity index (χ3v) is 4.42. The maximum absolute atomic E-state index is 12.6. The molecule has 1 amide bonds. The molecular weight excluding hydrogens is 224 g/mol. The van der Waals surface area contributed by atoms with Gasteiger partial charge in [0.05, 0.1) is 0 Å². The predicted molar refractivity (Wildman–Crippen MR) is 74.3 cm³/mol. The van der Waals surface area contributed by atoms with Gasteiger partial charge in [-0.3, -0.25) is 4.79 Å². The van der Waals surface area contributed by atoms with Crippen molar-refractivity contribution in [3.8, 4) is 0 Å². The maximum atomic E-state index is 12.6. The van der Waals surface area contributed by atoms with Gasteiger partial charge in [0.15, 0.2) is 0 Å². The van der Waals surface area contributed by atoms with Gasteiger partial charge in [0, 0.05) is 18.5 Å². The lowest BCUT2D eigenvalue weighted by Gasteiger charge is -2.37. The van der Waals surface area contributed by atoms with Crippen LogP contribution in [-0.4, -0.2) is 36.5 Å². The van der Waals surface area contributed by atoms with Crippen LogP contribution in [0.4, 0.5) is 0 Å². The zero-order chi connectivity index (χ0) is 13.3. The fraction of sp³-hybridized carbons (Fsp3) is 0.933. The second-order valence-corrected chi connectivity index (χ2v) is 7.30. The topological polar surface area (TPSA) is 32.3 Å². The minimum Gasteiger partial charge on any atom is -0.339 e. The number of rotatable bonds is 3. The Hall–Kier alpha value is -0.570. The summed E-state index contributed by atoms with van der Waals surface area (Å²) in [5.74, 6) is 1.16. The predicted octanol–water partition coefficient (Wildman–Crippen LogP) is 2.27. The van der Waals surface area contributed by atoms with Crippen molar-refractivity contribution in [2.24, 2.45) is 17.3 Å². The highest BCUT2D eigenvalue weighted by Crippen LogP contribution is 2.31. The van der Waals surface area contributed by atoms with Gasteiger partial charge < -0.3 is 10.2 Å². The van der Waals surface area contributed by atoms with E-state index in [9.17, 15) is 4.79 Å². The Morgan fingerprint density at radius 3 is 2.56 bits per heavy atom. The Balaban J connectivity index is 1.95. The molecule has 0 aromatic carbocycles. The van der Waals surface area contributed by atoms with Crippen LogP contribution in [0.25, 0.3) is 0 Å². The van der Waals surface area contributed by atoms with Crippen LogP contribution < -0.4 is 5.32 Å². The van der Waals surface area contributed by atoms with Gasteiger partial charge in [-0.1, -0.05) is 27.7 Å². The molecule has 3 heteroatoms. The van der Waals surface area contributed by atoms with E-state index < -0.39 is 0 Å². The first kappa shape index (κ1) is 13.9. The highest BCUT2D eigenvalue weighted by Gasteiger charge is 2.37. The number of carbonyl (C=O) groups is 1. The Morgan fingerprint density at radius 2 is 2.06 bits per heavy atom. The summed E-state index contributed by atoms with van der Waals surface area (Å²) in [7, 11) is 0. The molecule has 3 nitrogen and oxygen atoms in total. The lowest BCUT2D eigenvalue weighted by atomic mass is 9.85. The van der Waals surface area contributed by atoms with Crippen LogP contribution in [0.3, 0.4) is 0 Å². The van der Waals surface area contributed by atoms with E-state index in [4.69, 9.17) is 0 Å². The molecule has 2 unspecified atom stereocenters. The number of nitrogens with one attached hydrogen (secondary N) is 1. The molecule has 1 N–H and O–H groups in total. The molecule has 2 atom stereocenters. The first-order valence-electron chi connectivity index (χ1n) is 7.40. The fourth-order valence-corrected chi connectivity index (χ4v) is 3.17. The van der Waals surface area contributed by atoms with Gasteiger partial charge in [0.1, 0.15) is 0 Å². The fourth-order valence-electron chi connectivity index (χ4n) is 3.17. The number of hydrogen-bond donors (Lipinski definition) is 1. The number of amides is 1. The van der Waals surface area contributed by atoms with Crippen LogP contribution in [0.1, 0.15) is 47.0 Å². The van der Waals surface area contributed by atoms with E-state index in [2.05, 4.69) is 37.9 Å². The highest BCUT2D eigenvalue weighted by molar-refractivity contribution is 5.79.